The highest BCUT2D eigenvalue weighted by Crippen LogP contribution is 2.64. The van der Waals surface area contributed by atoms with Crippen LogP contribution in [-0.4, -0.2) is 38.3 Å². The Labute approximate surface area is 164 Å². The summed E-state index contributed by atoms with van der Waals surface area (Å²) in [7, 11) is 0. The average molecular weight is 379 g/mol. The van der Waals surface area contributed by atoms with Crippen molar-refractivity contribution in [1.29, 1.82) is 0 Å². The van der Waals surface area contributed by atoms with Gasteiger partial charge in [0.2, 0.25) is 17.7 Å². The summed E-state index contributed by atoms with van der Waals surface area (Å²) in [5.41, 5.74) is 1.31. The van der Waals surface area contributed by atoms with E-state index in [4.69, 9.17) is 8.94 Å². The molecule has 1 aromatic carbocycles. The summed E-state index contributed by atoms with van der Waals surface area (Å²) < 4.78 is 11.4. The Morgan fingerprint density at radius 1 is 1.14 bits per heavy atom. The molecule has 1 aliphatic heterocycles. The van der Waals surface area contributed by atoms with Gasteiger partial charge < -0.3 is 8.94 Å². The molecule has 1 aliphatic carbocycles. The average Bonchev–Trinajstić information content (AvgIpc) is 3.08. The van der Waals surface area contributed by atoms with Crippen molar-refractivity contribution < 1.29 is 8.94 Å². The standard InChI is InChI=1S/C21H25N5O2/c1-14(2)18-22-17(28-25-18)13-26-10-8-21(9-11-26)12-16(21)20-24-23-19(27-20)15-6-4-3-5-7-15/h3-7,14,16H,8-13H2,1-2H3/t16-/m1/s1. The van der Waals surface area contributed by atoms with Crippen molar-refractivity contribution in [2.75, 3.05) is 13.1 Å². The van der Waals surface area contributed by atoms with Crippen LogP contribution >= 0.6 is 0 Å². The SMILES string of the molecule is CC(C)c1noc(CN2CCC3(CC2)C[C@@H]3c2nnc(-c3ccccc3)o2)n1. The minimum absolute atomic E-state index is 0.296. The zero-order valence-corrected chi connectivity index (χ0v) is 16.3. The van der Waals surface area contributed by atoms with Crippen LogP contribution in [0.25, 0.3) is 11.5 Å². The van der Waals surface area contributed by atoms with Crippen molar-refractivity contribution in [3.8, 4) is 11.5 Å². The van der Waals surface area contributed by atoms with Crippen molar-refractivity contribution in [1.82, 2.24) is 25.2 Å². The van der Waals surface area contributed by atoms with Crippen LogP contribution in [0.15, 0.2) is 39.3 Å². The molecule has 0 N–H and O–H groups in total. The van der Waals surface area contributed by atoms with Crippen LogP contribution < -0.4 is 0 Å². The van der Waals surface area contributed by atoms with E-state index in [1.807, 2.05) is 30.3 Å². The second-order valence-corrected chi connectivity index (χ2v) is 8.41. The van der Waals surface area contributed by atoms with Crippen molar-refractivity contribution >= 4 is 0 Å². The van der Waals surface area contributed by atoms with E-state index in [9.17, 15) is 0 Å². The molecule has 0 amide bonds. The third-order valence-corrected chi connectivity index (χ3v) is 6.16. The molecule has 3 heterocycles. The van der Waals surface area contributed by atoms with E-state index in [1.165, 1.54) is 0 Å². The van der Waals surface area contributed by atoms with Gasteiger partial charge in [-0.15, -0.1) is 10.2 Å². The Bertz CT molecular complexity index is 941. The molecule has 146 valence electrons. The highest BCUT2D eigenvalue weighted by atomic mass is 16.5. The summed E-state index contributed by atoms with van der Waals surface area (Å²) in [6.45, 7) is 6.96. The lowest BCUT2D eigenvalue weighted by atomic mass is 9.91. The van der Waals surface area contributed by atoms with Gasteiger partial charge in [-0.3, -0.25) is 4.90 Å². The smallest absolute Gasteiger partial charge is 0.247 e. The normalized spacial score (nSPS) is 21.5. The van der Waals surface area contributed by atoms with Crippen molar-refractivity contribution in [3.63, 3.8) is 0 Å². The zero-order valence-electron chi connectivity index (χ0n) is 16.3. The number of hydrogen-bond acceptors (Lipinski definition) is 7. The van der Waals surface area contributed by atoms with E-state index in [-0.39, 0.29) is 0 Å². The van der Waals surface area contributed by atoms with Crippen molar-refractivity contribution in [3.05, 3.63) is 47.9 Å². The van der Waals surface area contributed by atoms with Gasteiger partial charge in [0.25, 0.3) is 0 Å². The van der Waals surface area contributed by atoms with Crippen molar-refractivity contribution in [2.24, 2.45) is 5.41 Å². The van der Waals surface area contributed by atoms with E-state index < -0.39 is 0 Å². The van der Waals surface area contributed by atoms with E-state index in [1.54, 1.807) is 0 Å². The largest absolute Gasteiger partial charge is 0.420 e. The molecule has 5 rings (SSSR count). The Kier molecular flexibility index (Phi) is 4.27. The van der Waals surface area contributed by atoms with Gasteiger partial charge in [-0.1, -0.05) is 37.2 Å². The predicted octanol–water partition coefficient (Wildman–Crippen LogP) is 4.01. The number of benzene rings is 1. The summed E-state index contributed by atoms with van der Waals surface area (Å²) in [5.74, 6) is 3.62. The number of rotatable bonds is 5. The molecule has 0 unspecified atom stereocenters. The molecule has 1 saturated heterocycles. The van der Waals surface area contributed by atoms with E-state index in [2.05, 4.69) is 39.1 Å². The summed E-state index contributed by atoms with van der Waals surface area (Å²) >= 11 is 0. The number of nitrogens with zero attached hydrogens (tertiary/aromatic N) is 5. The summed E-state index contributed by atoms with van der Waals surface area (Å²) in [6, 6.07) is 9.96. The second kappa shape index (κ2) is 6.81. The van der Waals surface area contributed by atoms with Gasteiger partial charge in [-0.2, -0.15) is 4.98 Å². The van der Waals surface area contributed by atoms with Crippen LogP contribution in [0.1, 0.15) is 62.6 Å². The van der Waals surface area contributed by atoms with Gasteiger partial charge in [0.05, 0.1) is 6.54 Å². The summed E-state index contributed by atoms with van der Waals surface area (Å²) in [5, 5.41) is 12.7. The Morgan fingerprint density at radius 3 is 2.64 bits per heavy atom. The molecular formula is C21H25N5O2. The fourth-order valence-electron chi connectivity index (χ4n) is 4.24. The molecule has 7 heteroatoms. The monoisotopic (exact) mass is 379 g/mol. The van der Waals surface area contributed by atoms with Crippen LogP contribution in [0.5, 0.6) is 0 Å². The molecule has 2 aliphatic rings. The summed E-state index contributed by atoms with van der Waals surface area (Å²) in [4.78, 5) is 6.90. The Hall–Kier alpha value is -2.54. The molecular weight excluding hydrogens is 354 g/mol. The number of aromatic nitrogens is 4. The van der Waals surface area contributed by atoms with Crippen LogP contribution in [0.3, 0.4) is 0 Å². The molecule has 0 bridgehead atoms. The van der Waals surface area contributed by atoms with Gasteiger partial charge >= 0.3 is 0 Å². The minimum atomic E-state index is 0.296. The fourth-order valence-corrected chi connectivity index (χ4v) is 4.24. The first-order valence-electron chi connectivity index (χ1n) is 10.1. The number of likely N-dealkylation sites (tertiary alicyclic amines) is 1. The maximum Gasteiger partial charge on any atom is 0.247 e. The lowest BCUT2D eigenvalue weighted by Crippen LogP contribution is -2.34. The van der Waals surface area contributed by atoms with Crippen molar-refractivity contribution in [2.45, 2.75) is 51.5 Å². The highest BCUT2D eigenvalue weighted by molar-refractivity contribution is 5.51. The third kappa shape index (κ3) is 3.24. The third-order valence-electron chi connectivity index (χ3n) is 6.16. The zero-order chi connectivity index (χ0) is 19.1. The fraction of sp³-hybridized carbons (Fsp3) is 0.524. The van der Waals surface area contributed by atoms with E-state index >= 15 is 0 Å². The predicted molar refractivity (Wildman–Crippen MR) is 102 cm³/mol. The van der Waals surface area contributed by atoms with Gasteiger partial charge in [0.15, 0.2) is 5.82 Å². The van der Waals surface area contributed by atoms with Crippen LogP contribution in [0.2, 0.25) is 0 Å². The first-order chi connectivity index (χ1) is 13.6. The second-order valence-electron chi connectivity index (χ2n) is 8.41. The molecule has 2 fully saturated rings. The van der Waals surface area contributed by atoms with E-state index in [0.29, 0.717) is 23.1 Å². The number of piperidine rings is 1. The molecule has 0 radical (unpaired) electrons. The summed E-state index contributed by atoms with van der Waals surface area (Å²) in [6.07, 6.45) is 3.44. The van der Waals surface area contributed by atoms with Crippen LogP contribution in [0.4, 0.5) is 0 Å². The topological polar surface area (TPSA) is 81.1 Å². The molecule has 1 atom stereocenters. The quantitative estimate of drug-likeness (QED) is 0.662. The maximum atomic E-state index is 6.00. The molecule has 3 aromatic rings. The van der Waals surface area contributed by atoms with Crippen LogP contribution in [-0.2, 0) is 6.54 Å². The first kappa shape index (κ1) is 17.6. The molecule has 2 aromatic heterocycles. The first-order valence-corrected chi connectivity index (χ1v) is 10.1. The molecule has 28 heavy (non-hydrogen) atoms. The Balaban J connectivity index is 1.19. The lowest BCUT2D eigenvalue weighted by Gasteiger charge is -2.31. The highest BCUT2D eigenvalue weighted by Gasteiger charge is 2.58. The van der Waals surface area contributed by atoms with Gasteiger partial charge in [-0.25, -0.2) is 0 Å². The van der Waals surface area contributed by atoms with E-state index in [0.717, 1.165) is 62.1 Å². The van der Waals surface area contributed by atoms with Gasteiger partial charge in [0.1, 0.15) is 0 Å². The van der Waals surface area contributed by atoms with Gasteiger partial charge in [0, 0.05) is 17.4 Å². The molecule has 1 saturated carbocycles. The maximum absolute atomic E-state index is 6.00. The molecule has 1 spiro atoms. The minimum Gasteiger partial charge on any atom is -0.420 e. The van der Waals surface area contributed by atoms with Crippen LogP contribution in [0, 0.1) is 5.41 Å². The Morgan fingerprint density at radius 2 is 1.93 bits per heavy atom. The lowest BCUT2D eigenvalue weighted by molar-refractivity contribution is 0.144. The number of hydrogen-bond donors (Lipinski definition) is 0. The molecule has 7 nitrogen and oxygen atoms in total. The van der Waals surface area contributed by atoms with Gasteiger partial charge in [-0.05, 0) is 49.9 Å².